The summed E-state index contributed by atoms with van der Waals surface area (Å²) in [5.41, 5.74) is 3.39. The van der Waals surface area contributed by atoms with Gasteiger partial charge in [-0.1, -0.05) is 33.8 Å². The minimum absolute atomic E-state index is 0.0557. The van der Waals surface area contributed by atoms with Crippen LogP contribution in [0.5, 0.6) is 11.5 Å². The summed E-state index contributed by atoms with van der Waals surface area (Å²) < 4.78 is 16.5. The largest absolute Gasteiger partial charge is 0.493 e. The van der Waals surface area contributed by atoms with Crippen LogP contribution in [-0.2, 0) is 14.3 Å². The maximum atomic E-state index is 13.3. The number of hydrogen-bond acceptors (Lipinski definition) is 6. The second-order valence-electron chi connectivity index (χ2n) is 9.54. The van der Waals surface area contributed by atoms with Crippen molar-refractivity contribution in [3.63, 3.8) is 0 Å². The number of ketones is 1. The van der Waals surface area contributed by atoms with Gasteiger partial charge in [0.15, 0.2) is 17.3 Å². The van der Waals surface area contributed by atoms with Crippen LogP contribution >= 0.6 is 0 Å². The zero-order chi connectivity index (χ0) is 22.9. The third kappa shape index (κ3) is 4.63. The lowest BCUT2D eigenvalue weighted by atomic mass is 9.68. The highest BCUT2D eigenvalue weighted by atomic mass is 16.5. The molecule has 0 fully saturated rings. The Morgan fingerprint density at radius 3 is 2.45 bits per heavy atom. The highest BCUT2D eigenvalue weighted by Gasteiger charge is 2.43. The molecule has 1 aliphatic carbocycles. The number of benzene rings is 1. The van der Waals surface area contributed by atoms with Gasteiger partial charge in [0.05, 0.1) is 26.4 Å². The molecule has 1 aromatic rings. The molecule has 1 N–H and O–H groups in total. The second kappa shape index (κ2) is 8.77. The number of carbonyl (C=O) groups excluding carboxylic acids is 2. The minimum Gasteiger partial charge on any atom is -0.493 e. The molecule has 31 heavy (non-hydrogen) atoms. The number of allylic oxidation sites excluding steroid dienone is 3. The van der Waals surface area contributed by atoms with Gasteiger partial charge in [0, 0.05) is 29.3 Å². The molecule has 1 atom stereocenters. The molecular formula is C25H33NO5. The molecule has 0 saturated heterocycles. The van der Waals surface area contributed by atoms with Crippen molar-refractivity contribution in [2.45, 2.75) is 53.4 Å². The molecule has 0 unspecified atom stereocenters. The van der Waals surface area contributed by atoms with Gasteiger partial charge in [0.2, 0.25) is 0 Å². The summed E-state index contributed by atoms with van der Waals surface area (Å²) in [7, 11) is 3.15. The highest BCUT2D eigenvalue weighted by molar-refractivity contribution is 6.04. The van der Waals surface area contributed by atoms with Gasteiger partial charge in [0.25, 0.3) is 0 Å². The molecule has 0 aromatic heterocycles. The molecule has 2 aliphatic rings. The molecule has 168 valence electrons. The van der Waals surface area contributed by atoms with Crippen molar-refractivity contribution in [2.75, 3.05) is 20.8 Å². The van der Waals surface area contributed by atoms with Crippen LogP contribution in [-0.4, -0.2) is 32.6 Å². The first-order chi connectivity index (χ1) is 14.6. The first-order valence-corrected chi connectivity index (χ1v) is 10.7. The van der Waals surface area contributed by atoms with Crippen molar-refractivity contribution < 1.29 is 23.8 Å². The van der Waals surface area contributed by atoms with Gasteiger partial charge in [0.1, 0.15) is 0 Å². The van der Waals surface area contributed by atoms with E-state index >= 15 is 0 Å². The molecule has 0 bridgehead atoms. The van der Waals surface area contributed by atoms with E-state index in [4.69, 9.17) is 14.2 Å². The summed E-state index contributed by atoms with van der Waals surface area (Å²) in [6, 6.07) is 5.54. The Balaban J connectivity index is 2.15. The van der Waals surface area contributed by atoms with Crippen LogP contribution in [0.15, 0.2) is 40.7 Å². The summed E-state index contributed by atoms with van der Waals surface area (Å²) in [6.45, 7) is 10.4. The zero-order valence-electron chi connectivity index (χ0n) is 19.5. The van der Waals surface area contributed by atoms with E-state index in [2.05, 4.69) is 19.2 Å². The van der Waals surface area contributed by atoms with Gasteiger partial charge in [-0.3, -0.25) is 4.79 Å². The molecule has 6 nitrogen and oxygen atoms in total. The Morgan fingerprint density at radius 2 is 1.84 bits per heavy atom. The van der Waals surface area contributed by atoms with Crippen molar-refractivity contribution in [2.24, 2.45) is 11.3 Å². The lowest BCUT2D eigenvalue weighted by Gasteiger charge is -2.39. The molecule has 6 heteroatoms. The van der Waals surface area contributed by atoms with E-state index in [1.165, 1.54) is 0 Å². The smallest absolute Gasteiger partial charge is 0.336 e. The number of rotatable bonds is 6. The van der Waals surface area contributed by atoms with Gasteiger partial charge in [-0.15, -0.1) is 0 Å². The molecular weight excluding hydrogens is 394 g/mol. The first-order valence-electron chi connectivity index (χ1n) is 10.7. The van der Waals surface area contributed by atoms with Crippen LogP contribution < -0.4 is 14.8 Å². The Kier molecular flexibility index (Phi) is 6.48. The number of methoxy groups -OCH3 is 2. The standard InChI is InChI=1S/C25H33NO5/c1-14(2)13-31-24(28)21-15(3)26-17-11-25(4,5)12-18(27)23(17)22(21)16-8-9-19(29-6)20(10-16)30-7/h8-10,14,22,26H,11-13H2,1-7H3/t22-/m0/s1. The molecule has 1 aromatic carbocycles. The van der Waals surface area contributed by atoms with Crippen LogP contribution in [0.2, 0.25) is 0 Å². The topological polar surface area (TPSA) is 73.9 Å². The number of nitrogens with one attached hydrogen (secondary N) is 1. The summed E-state index contributed by atoms with van der Waals surface area (Å²) in [5, 5.41) is 3.36. The Labute approximate surface area is 184 Å². The van der Waals surface area contributed by atoms with Gasteiger partial charge < -0.3 is 19.5 Å². The Hall–Kier alpha value is -2.76. The van der Waals surface area contributed by atoms with E-state index in [1.807, 2.05) is 32.9 Å². The number of Topliss-reactive ketones (excluding diaryl/α,β-unsaturated/α-hetero) is 1. The van der Waals surface area contributed by atoms with Gasteiger partial charge in [-0.05, 0) is 42.4 Å². The highest BCUT2D eigenvalue weighted by Crippen LogP contribution is 2.47. The summed E-state index contributed by atoms with van der Waals surface area (Å²) >= 11 is 0. The second-order valence-corrected chi connectivity index (χ2v) is 9.54. The number of ether oxygens (including phenoxy) is 3. The van der Waals surface area contributed by atoms with Crippen LogP contribution in [0, 0.1) is 11.3 Å². The number of esters is 1. The summed E-state index contributed by atoms with van der Waals surface area (Å²) in [5.74, 6) is 0.502. The van der Waals surface area contributed by atoms with Gasteiger partial charge >= 0.3 is 5.97 Å². The van der Waals surface area contributed by atoms with Gasteiger partial charge in [-0.2, -0.15) is 0 Å². The summed E-state index contributed by atoms with van der Waals surface area (Å²) in [6.07, 6.45) is 1.17. The van der Waals surface area contributed by atoms with Crippen molar-refractivity contribution in [3.05, 3.63) is 46.3 Å². The van der Waals surface area contributed by atoms with Crippen LogP contribution in [0.25, 0.3) is 0 Å². The van der Waals surface area contributed by atoms with E-state index < -0.39 is 11.9 Å². The zero-order valence-corrected chi connectivity index (χ0v) is 19.5. The normalized spacial score (nSPS) is 20.4. The molecule has 0 radical (unpaired) electrons. The fourth-order valence-electron chi connectivity index (χ4n) is 4.39. The fraction of sp³-hybridized carbons (Fsp3) is 0.520. The predicted octanol–water partition coefficient (Wildman–Crippen LogP) is 4.51. The van der Waals surface area contributed by atoms with E-state index in [0.717, 1.165) is 23.4 Å². The minimum atomic E-state index is -0.515. The predicted molar refractivity (Wildman–Crippen MR) is 119 cm³/mol. The van der Waals surface area contributed by atoms with E-state index in [0.29, 0.717) is 35.7 Å². The van der Waals surface area contributed by atoms with E-state index in [1.54, 1.807) is 20.3 Å². The van der Waals surface area contributed by atoms with Crippen molar-refractivity contribution in [3.8, 4) is 11.5 Å². The van der Waals surface area contributed by atoms with E-state index in [9.17, 15) is 9.59 Å². The lowest BCUT2D eigenvalue weighted by Crippen LogP contribution is -2.38. The monoisotopic (exact) mass is 427 g/mol. The Bertz CT molecular complexity index is 955. The summed E-state index contributed by atoms with van der Waals surface area (Å²) in [4.78, 5) is 26.5. The number of hydrogen-bond donors (Lipinski definition) is 1. The SMILES string of the molecule is COc1ccc([C@H]2C(C(=O)OCC(C)C)=C(C)NC3=C2C(=O)CC(C)(C)C3)cc1OC. The number of carbonyl (C=O) groups is 2. The average molecular weight is 428 g/mol. The fourth-order valence-corrected chi connectivity index (χ4v) is 4.39. The molecule has 1 aliphatic heterocycles. The molecule has 1 heterocycles. The third-order valence-corrected chi connectivity index (χ3v) is 5.75. The molecule has 0 amide bonds. The average Bonchev–Trinajstić information content (AvgIpc) is 2.69. The van der Waals surface area contributed by atoms with Crippen molar-refractivity contribution in [1.82, 2.24) is 5.32 Å². The van der Waals surface area contributed by atoms with Crippen molar-refractivity contribution in [1.29, 1.82) is 0 Å². The van der Waals surface area contributed by atoms with E-state index in [-0.39, 0.29) is 17.1 Å². The maximum absolute atomic E-state index is 13.3. The van der Waals surface area contributed by atoms with Crippen LogP contribution in [0.1, 0.15) is 58.9 Å². The molecule has 3 rings (SSSR count). The quantitative estimate of drug-likeness (QED) is 0.674. The third-order valence-electron chi connectivity index (χ3n) is 5.75. The van der Waals surface area contributed by atoms with Crippen molar-refractivity contribution >= 4 is 11.8 Å². The molecule has 0 saturated carbocycles. The van der Waals surface area contributed by atoms with Gasteiger partial charge in [-0.25, -0.2) is 4.79 Å². The van der Waals surface area contributed by atoms with Crippen LogP contribution in [0.3, 0.4) is 0 Å². The first kappa shape index (κ1) is 22.9. The Morgan fingerprint density at radius 1 is 1.16 bits per heavy atom. The molecule has 0 spiro atoms. The lowest BCUT2D eigenvalue weighted by molar-refractivity contribution is -0.140. The maximum Gasteiger partial charge on any atom is 0.336 e. The number of dihydropyridines is 1. The van der Waals surface area contributed by atoms with Crippen LogP contribution in [0.4, 0.5) is 0 Å².